The van der Waals surface area contributed by atoms with Crippen molar-refractivity contribution in [2.45, 2.75) is 37.1 Å². The van der Waals surface area contributed by atoms with Crippen LogP contribution >= 0.6 is 35.7 Å². The number of nitrogens with one attached hydrogen (secondary N) is 1. The van der Waals surface area contributed by atoms with Gasteiger partial charge in [0.1, 0.15) is 0 Å². The third-order valence-electron chi connectivity index (χ3n) is 5.27. The van der Waals surface area contributed by atoms with E-state index in [1.807, 2.05) is 11.8 Å². The molecular formula is C20H33IN4S. The predicted molar refractivity (Wildman–Crippen MR) is 124 cm³/mol. The number of hydrogen-bond acceptors (Lipinski definition) is 3. The molecule has 0 spiro atoms. The van der Waals surface area contributed by atoms with Crippen molar-refractivity contribution in [3.05, 3.63) is 30.3 Å². The Bertz CT molecular complexity index is 554. The molecule has 2 saturated heterocycles. The van der Waals surface area contributed by atoms with Gasteiger partial charge in [0.15, 0.2) is 5.96 Å². The molecule has 2 unspecified atom stereocenters. The molecule has 2 aliphatic heterocycles. The van der Waals surface area contributed by atoms with Crippen molar-refractivity contribution in [1.82, 2.24) is 15.1 Å². The summed E-state index contributed by atoms with van der Waals surface area (Å²) >= 11 is 1.99. The molecule has 3 rings (SSSR count). The lowest BCUT2D eigenvalue weighted by atomic mass is 10.2. The lowest BCUT2D eigenvalue weighted by Gasteiger charge is -2.23. The molecule has 2 heterocycles. The van der Waals surface area contributed by atoms with Crippen LogP contribution in [0, 0.1) is 5.92 Å². The van der Waals surface area contributed by atoms with E-state index in [-0.39, 0.29) is 24.0 Å². The van der Waals surface area contributed by atoms with E-state index in [4.69, 9.17) is 4.99 Å². The number of hydrogen-bond donors (Lipinski definition) is 1. The fourth-order valence-corrected chi connectivity index (χ4v) is 4.77. The van der Waals surface area contributed by atoms with Gasteiger partial charge in [0.05, 0.1) is 6.54 Å². The average Bonchev–Trinajstić information content (AvgIpc) is 3.27. The maximum absolute atomic E-state index is 4.96. The highest BCUT2D eigenvalue weighted by molar-refractivity contribution is 14.0. The first-order chi connectivity index (χ1) is 12.3. The van der Waals surface area contributed by atoms with Crippen LogP contribution in [0.1, 0.15) is 26.2 Å². The zero-order valence-electron chi connectivity index (χ0n) is 16.1. The normalized spacial score (nSPS) is 23.9. The third-order valence-corrected chi connectivity index (χ3v) is 6.52. The quantitative estimate of drug-likeness (QED) is 0.286. The Kier molecular flexibility index (Phi) is 9.56. The van der Waals surface area contributed by atoms with E-state index < -0.39 is 0 Å². The van der Waals surface area contributed by atoms with E-state index in [1.54, 1.807) is 0 Å². The van der Waals surface area contributed by atoms with E-state index in [9.17, 15) is 0 Å². The topological polar surface area (TPSA) is 30.9 Å². The first-order valence-corrected chi connectivity index (χ1v) is 10.7. The van der Waals surface area contributed by atoms with E-state index in [0.717, 1.165) is 38.1 Å². The third kappa shape index (κ3) is 6.30. The van der Waals surface area contributed by atoms with E-state index >= 15 is 0 Å². The Morgan fingerprint density at radius 3 is 2.73 bits per heavy atom. The molecule has 0 aliphatic carbocycles. The van der Waals surface area contributed by atoms with Crippen molar-refractivity contribution < 1.29 is 0 Å². The second-order valence-electron chi connectivity index (χ2n) is 7.20. The van der Waals surface area contributed by atoms with E-state index in [0.29, 0.717) is 6.04 Å². The van der Waals surface area contributed by atoms with Gasteiger partial charge in [-0.25, -0.2) is 0 Å². The molecule has 0 bridgehead atoms. The smallest absolute Gasteiger partial charge is 0.193 e. The number of halogens is 1. The summed E-state index contributed by atoms with van der Waals surface area (Å²) in [5, 5.41) is 3.51. The Morgan fingerprint density at radius 2 is 2.04 bits per heavy atom. The van der Waals surface area contributed by atoms with Gasteiger partial charge in [0.2, 0.25) is 0 Å². The average molecular weight is 488 g/mol. The number of rotatable bonds is 6. The molecule has 2 fully saturated rings. The summed E-state index contributed by atoms with van der Waals surface area (Å²) in [6.45, 7) is 7.52. The highest BCUT2D eigenvalue weighted by atomic mass is 127. The van der Waals surface area contributed by atoms with Crippen molar-refractivity contribution in [1.29, 1.82) is 0 Å². The fourth-order valence-electron chi connectivity index (χ4n) is 3.72. The zero-order chi connectivity index (χ0) is 17.5. The highest BCUT2D eigenvalue weighted by Gasteiger charge is 2.26. The molecule has 0 aromatic heterocycles. The minimum atomic E-state index is 0. The summed E-state index contributed by atoms with van der Waals surface area (Å²) in [6.07, 6.45) is 3.87. The van der Waals surface area contributed by atoms with Crippen molar-refractivity contribution in [2.75, 3.05) is 45.5 Å². The first kappa shape index (κ1) is 21.8. The predicted octanol–water partition coefficient (Wildman–Crippen LogP) is 3.78. The van der Waals surface area contributed by atoms with Crippen molar-refractivity contribution in [3.8, 4) is 0 Å². The van der Waals surface area contributed by atoms with Crippen LogP contribution in [0.4, 0.5) is 0 Å². The number of aliphatic imine (C=N–C) groups is 1. The Balaban J connectivity index is 0.00000243. The standard InChI is InChI=1S/C20H32N4S.HI/c1-3-21-20(22-14-18-8-7-12-23(18)2)24-13-11-17(15-24)16-25-19-9-5-4-6-10-19;/h4-6,9-10,17-18H,3,7-8,11-16H2,1-2H3,(H,21,22);1H. The van der Waals surface area contributed by atoms with Gasteiger partial charge in [-0.2, -0.15) is 0 Å². The molecule has 26 heavy (non-hydrogen) atoms. The minimum Gasteiger partial charge on any atom is -0.357 e. The molecule has 2 aliphatic rings. The maximum Gasteiger partial charge on any atom is 0.193 e. The Hall–Kier alpha value is -0.470. The number of guanidine groups is 1. The monoisotopic (exact) mass is 488 g/mol. The zero-order valence-corrected chi connectivity index (χ0v) is 19.2. The highest BCUT2D eigenvalue weighted by Crippen LogP contribution is 2.26. The molecule has 0 saturated carbocycles. The van der Waals surface area contributed by atoms with Crippen molar-refractivity contribution in [2.24, 2.45) is 10.9 Å². The van der Waals surface area contributed by atoms with Crippen LogP contribution in [0.5, 0.6) is 0 Å². The van der Waals surface area contributed by atoms with E-state index in [1.165, 1.54) is 36.5 Å². The van der Waals surface area contributed by atoms with Gasteiger partial charge in [0, 0.05) is 36.3 Å². The molecule has 0 radical (unpaired) electrons. The number of nitrogens with zero attached hydrogens (tertiary/aromatic N) is 3. The number of thioether (sulfide) groups is 1. The summed E-state index contributed by atoms with van der Waals surface area (Å²) < 4.78 is 0. The molecule has 6 heteroatoms. The van der Waals surface area contributed by atoms with Crippen LogP contribution in [-0.4, -0.2) is 67.3 Å². The van der Waals surface area contributed by atoms with Gasteiger partial charge >= 0.3 is 0 Å². The van der Waals surface area contributed by atoms with Gasteiger partial charge in [-0.15, -0.1) is 35.7 Å². The molecule has 1 N–H and O–H groups in total. The molecule has 1 aromatic rings. The summed E-state index contributed by atoms with van der Waals surface area (Å²) in [7, 11) is 2.23. The second kappa shape index (κ2) is 11.4. The SMILES string of the molecule is CCNC(=NCC1CCCN1C)N1CCC(CSc2ccccc2)C1.I. The van der Waals surface area contributed by atoms with Crippen molar-refractivity contribution in [3.63, 3.8) is 0 Å². The summed E-state index contributed by atoms with van der Waals surface area (Å²) in [5.41, 5.74) is 0. The second-order valence-corrected chi connectivity index (χ2v) is 8.29. The molecular weight excluding hydrogens is 455 g/mol. The van der Waals surface area contributed by atoms with Crippen LogP contribution in [0.15, 0.2) is 40.2 Å². The summed E-state index contributed by atoms with van der Waals surface area (Å²) in [4.78, 5) is 11.3. The van der Waals surface area contributed by atoms with Gasteiger partial charge in [-0.3, -0.25) is 4.99 Å². The van der Waals surface area contributed by atoms with Crippen LogP contribution in [0.3, 0.4) is 0 Å². The first-order valence-electron chi connectivity index (χ1n) is 9.67. The van der Waals surface area contributed by atoms with Gasteiger partial charge < -0.3 is 15.1 Å². The molecule has 0 amide bonds. The molecule has 1 aromatic carbocycles. The largest absolute Gasteiger partial charge is 0.357 e. The van der Waals surface area contributed by atoms with Crippen molar-refractivity contribution >= 4 is 41.7 Å². The maximum atomic E-state index is 4.96. The Morgan fingerprint density at radius 1 is 1.23 bits per heavy atom. The van der Waals surface area contributed by atoms with Crippen LogP contribution in [-0.2, 0) is 0 Å². The summed E-state index contributed by atoms with van der Waals surface area (Å²) in [5.74, 6) is 3.07. The number of likely N-dealkylation sites (N-methyl/N-ethyl adjacent to an activating group) is 1. The van der Waals surface area contributed by atoms with Gasteiger partial charge in [-0.05, 0) is 57.8 Å². The lowest BCUT2D eigenvalue weighted by Crippen LogP contribution is -2.41. The van der Waals surface area contributed by atoms with Gasteiger partial charge in [0.25, 0.3) is 0 Å². The lowest BCUT2D eigenvalue weighted by molar-refractivity contribution is 0.316. The van der Waals surface area contributed by atoms with Gasteiger partial charge in [-0.1, -0.05) is 18.2 Å². The number of likely N-dealkylation sites (tertiary alicyclic amines) is 2. The fraction of sp³-hybridized carbons (Fsp3) is 0.650. The van der Waals surface area contributed by atoms with Crippen LogP contribution in [0.25, 0.3) is 0 Å². The van der Waals surface area contributed by atoms with Crippen LogP contribution in [0.2, 0.25) is 0 Å². The minimum absolute atomic E-state index is 0. The molecule has 2 atom stereocenters. The number of benzene rings is 1. The van der Waals surface area contributed by atoms with E-state index in [2.05, 4.69) is 59.4 Å². The van der Waals surface area contributed by atoms with Crippen LogP contribution < -0.4 is 5.32 Å². The molecule has 146 valence electrons. The Labute approximate surface area is 180 Å². The molecule has 4 nitrogen and oxygen atoms in total. The summed E-state index contributed by atoms with van der Waals surface area (Å²) in [6, 6.07) is 11.4.